The van der Waals surface area contributed by atoms with Gasteiger partial charge in [0.25, 0.3) is 0 Å². The first-order valence-corrected chi connectivity index (χ1v) is 7.78. The number of piperidine rings is 1. The molecule has 2 N–H and O–H groups in total. The monoisotopic (exact) mass is 300 g/mol. The van der Waals surface area contributed by atoms with Crippen LogP contribution in [0.5, 0.6) is 0 Å². The molecule has 1 aromatic rings. The van der Waals surface area contributed by atoms with Crippen LogP contribution < -0.4 is 5.32 Å². The molecular formula is C13H17ClN2O2S. The van der Waals surface area contributed by atoms with Gasteiger partial charge in [-0.3, -0.25) is 0 Å². The van der Waals surface area contributed by atoms with E-state index < -0.39 is 0 Å². The molecule has 0 spiro atoms. The number of rotatable bonds is 2. The molecule has 1 saturated heterocycles. The number of amides is 2. The minimum absolute atomic E-state index is 0.135. The molecule has 0 saturated carbocycles. The van der Waals surface area contributed by atoms with Crippen LogP contribution in [0, 0.1) is 0 Å². The average molecular weight is 301 g/mol. The van der Waals surface area contributed by atoms with E-state index in [0.29, 0.717) is 31.0 Å². The van der Waals surface area contributed by atoms with Gasteiger partial charge in [-0.2, -0.15) is 0 Å². The third-order valence-corrected chi connectivity index (χ3v) is 4.19. The van der Waals surface area contributed by atoms with E-state index in [2.05, 4.69) is 5.32 Å². The van der Waals surface area contributed by atoms with Crippen molar-refractivity contribution in [3.05, 3.63) is 23.2 Å². The van der Waals surface area contributed by atoms with E-state index >= 15 is 0 Å². The topological polar surface area (TPSA) is 52.6 Å². The highest BCUT2D eigenvalue weighted by atomic mass is 35.5. The van der Waals surface area contributed by atoms with Gasteiger partial charge in [0.1, 0.15) is 0 Å². The number of nitrogens with zero attached hydrogens (tertiary/aromatic N) is 1. The van der Waals surface area contributed by atoms with E-state index in [0.717, 1.165) is 10.6 Å². The van der Waals surface area contributed by atoms with E-state index in [1.54, 1.807) is 28.8 Å². The number of thioether (sulfide) groups is 1. The Hall–Kier alpha value is -0.910. The molecule has 0 aliphatic carbocycles. The predicted molar refractivity (Wildman–Crippen MR) is 79.1 cm³/mol. The van der Waals surface area contributed by atoms with Gasteiger partial charge < -0.3 is 15.3 Å². The molecule has 0 bridgehead atoms. The van der Waals surface area contributed by atoms with Crippen molar-refractivity contribution in [3.8, 4) is 0 Å². The highest BCUT2D eigenvalue weighted by molar-refractivity contribution is 7.98. The second kappa shape index (κ2) is 6.50. The summed E-state index contributed by atoms with van der Waals surface area (Å²) in [5, 5.41) is 12.9. The van der Waals surface area contributed by atoms with Gasteiger partial charge in [0, 0.05) is 23.0 Å². The number of aliphatic hydroxyl groups excluding tert-OH is 1. The maximum Gasteiger partial charge on any atom is 0.321 e. The largest absolute Gasteiger partial charge is 0.393 e. The van der Waals surface area contributed by atoms with Crippen molar-refractivity contribution in [3.63, 3.8) is 0 Å². The summed E-state index contributed by atoms with van der Waals surface area (Å²) < 4.78 is 0. The Balaban J connectivity index is 2.04. The van der Waals surface area contributed by atoms with Crippen LogP contribution in [0.25, 0.3) is 0 Å². The van der Waals surface area contributed by atoms with Crippen LogP contribution >= 0.6 is 23.4 Å². The summed E-state index contributed by atoms with van der Waals surface area (Å²) in [6.45, 7) is 1.17. The number of benzene rings is 1. The van der Waals surface area contributed by atoms with Crippen molar-refractivity contribution in [2.45, 2.75) is 23.8 Å². The van der Waals surface area contributed by atoms with Crippen LogP contribution in [-0.4, -0.2) is 41.5 Å². The molecule has 1 aromatic carbocycles. The Labute approximate surface area is 122 Å². The fraction of sp³-hybridized carbons (Fsp3) is 0.462. The molecular weight excluding hydrogens is 284 g/mol. The number of carbonyl (C=O) groups is 1. The van der Waals surface area contributed by atoms with E-state index in [4.69, 9.17) is 11.6 Å². The van der Waals surface area contributed by atoms with Gasteiger partial charge in [-0.25, -0.2) is 4.79 Å². The summed E-state index contributed by atoms with van der Waals surface area (Å²) in [7, 11) is 0. The molecule has 1 aliphatic rings. The normalized spacial score (nSPS) is 16.5. The van der Waals surface area contributed by atoms with Crippen molar-refractivity contribution in [2.75, 3.05) is 24.7 Å². The third-order valence-electron chi connectivity index (χ3n) is 3.15. The van der Waals surface area contributed by atoms with Crippen molar-refractivity contribution < 1.29 is 9.90 Å². The van der Waals surface area contributed by atoms with Crippen LogP contribution in [0.2, 0.25) is 5.02 Å². The van der Waals surface area contributed by atoms with Gasteiger partial charge in [0.2, 0.25) is 0 Å². The lowest BCUT2D eigenvalue weighted by Crippen LogP contribution is -2.42. The molecule has 19 heavy (non-hydrogen) atoms. The number of carbonyl (C=O) groups excluding carboxylic acids is 1. The average Bonchev–Trinajstić information content (AvgIpc) is 2.39. The first-order valence-electron chi connectivity index (χ1n) is 6.17. The summed E-state index contributed by atoms with van der Waals surface area (Å²) in [5.74, 6) is 0. The summed E-state index contributed by atoms with van der Waals surface area (Å²) >= 11 is 7.52. The molecule has 2 amide bonds. The van der Waals surface area contributed by atoms with Crippen LogP contribution in [0.15, 0.2) is 23.1 Å². The van der Waals surface area contributed by atoms with Crippen LogP contribution in [0.1, 0.15) is 12.8 Å². The second-order valence-electron chi connectivity index (χ2n) is 4.49. The predicted octanol–water partition coefficient (Wildman–Crippen LogP) is 3.05. The van der Waals surface area contributed by atoms with Crippen LogP contribution in [-0.2, 0) is 0 Å². The Morgan fingerprint density at radius 2 is 2.16 bits per heavy atom. The van der Waals surface area contributed by atoms with Gasteiger partial charge in [-0.15, -0.1) is 11.8 Å². The first-order chi connectivity index (χ1) is 9.10. The highest BCUT2D eigenvalue weighted by Crippen LogP contribution is 2.28. The zero-order valence-corrected chi connectivity index (χ0v) is 12.3. The van der Waals surface area contributed by atoms with E-state index in [9.17, 15) is 9.90 Å². The molecule has 4 nitrogen and oxygen atoms in total. The Bertz CT molecular complexity index is 462. The summed E-state index contributed by atoms with van der Waals surface area (Å²) in [4.78, 5) is 14.8. The molecule has 0 radical (unpaired) electrons. The van der Waals surface area contributed by atoms with Gasteiger partial charge in [-0.05, 0) is 37.3 Å². The summed E-state index contributed by atoms with van der Waals surface area (Å²) in [6, 6.07) is 5.32. The number of urea groups is 1. The SMILES string of the molecule is CSc1ccc(Cl)cc1NC(=O)N1CCC(O)CC1. The van der Waals surface area contributed by atoms with Gasteiger partial charge in [-0.1, -0.05) is 11.6 Å². The number of hydrogen-bond acceptors (Lipinski definition) is 3. The van der Waals surface area contributed by atoms with Gasteiger partial charge in [0.05, 0.1) is 11.8 Å². The van der Waals surface area contributed by atoms with Crippen molar-refractivity contribution in [1.29, 1.82) is 0 Å². The quantitative estimate of drug-likeness (QED) is 0.825. The van der Waals surface area contributed by atoms with E-state index in [-0.39, 0.29) is 12.1 Å². The second-order valence-corrected chi connectivity index (χ2v) is 5.78. The molecule has 1 heterocycles. The fourth-order valence-corrected chi connectivity index (χ4v) is 2.75. The number of aliphatic hydroxyl groups is 1. The smallest absolute Gasteiger partial charge is 0.321 e. The number of anilines is 1. The lowest BCUT2D eigenvalue weighted by Gasteiger charge is -2.29. The number of hydrogen-bond donors (Lipinski definition) is 2. The molecule has 6 heteroatoms. The molecule has 2 rings (SSSR count). The summed E-state index contributed by atoms with van der Waals surface area (Å²) in [6.07, 6.45) is 2.95. The standard InChI is InChI=1S/C13H17ClN2O2S/c1-19-12-3-2-9(14)8-11(12)15-13(18)16-6-4-10(17)5-7-16/h2-3,8,10,17H,4-7H2,1H3,(H,15,18). The maximum absolute atomic E-state index is 12.1. The fourth-order valence-electron chi connectivity index (χ4n) is 2.04. The van der Waals surface area contributed by atoms with Crippen LogP contribution in [0.3, 0.4) is 0 Å². The van der Waals surface area contributed by atoms with E-state index in [1.807, 2.05) is 12.3 Å². The number of nitrogens with one attached hydrogen (secondary N) is 1. The first kappa shape index (κ1) is 14.5. The Morgan fingerprint density at radius 3 is 2.79 bits per heavy atom. The number of likely N-dealkylation sites (tertiary alicyclic amines) is 1. The number of halogens is 1. The molecule has 0 aromatic heterocycles. The zero-order valence-electron chi connectivity index (χ0n) is 10.7. The minimum Gasteiger partial charge on any atom is -0.393 e. The van der Waals surface area contributed by atoms with Gasteiger partial charge in [0.15, 0.2) is 0 Å². The molecule has 104 valence electrons. The zero-order chi connectivity index (χ0) is 13.8. The summed E-state index contributed by atoms with van der Waals surface area (Å²) in [5.41, 5.74) is 0.733. The molecule has 1 aliphatic heterocycles. The lowest BCUT2D eigenvalue weighted by molar-refractivity contribution is 0.0972. The maximum atomic E-state index is 12.1. The van der Waals surface area contributed by atoms with Crippen molar-refractivity contribution in [1.82, 2.24) is 4.90 Å². The Morgan fingerprint density at radius 1 is 1.47 bits per heavy atom. The van der Waals surface area contributed by atoms with Crippen molar-refractivity contribution in [2.24, 2.45) is 0 Å². The third kappa shape index (κ3) is 3.78. The minimum atomic E-state index is -0.281. The lowest BCUT2D eigenvalue weighted by atomic mass is 10.1. The van der Waals surface area contributed by atoms with Gasteiger partial charge >= 0.3 is 6.03 Å². The Kier molecular flexibility index (Phi) is 4.96. The van der Waals surface area contributed by atoms with E-state index in [1.165, 1.54) is 0 Å². The molecule has 0 atom stereocenters. The van der Waals surface area contributed by atoms with Crippen molar-refractivity contribution >= 4 is 35.1 Å². The molecule has 1 fully saturated rings. The van der Waals surface area contributed by atoms with Crippen LogP contribution in [0.4, 0.5) is 10.5 Å². The highest BCUT2D eigenvalue weighted by Gasteiger charge is 2.21. The molecule has 0 unspecified atom stereocenters.